The topological polar surface area (TPSA) is 46.2 Å². The summed E-state index contributed by atoms with van der Waals surface area (Å²) in [6.45, 7) is 2.00. The molecule has 4 heteroatoms. The highest BCUT2D eigenvalue weighted by Crippen LogP contribution is 2.28. The van der Waals surface area contributed by atoms with Crippen molar-refractivity contribution in [3.05, 3.63) is 57.3 Å². The van der Waals surface area contributed by atoms with Crippen LogP contribution in [0.4, 0.5) is 0 Å². The zero-order valence-corrected chi connectivity index (χ0v) is 11.1. The molecule has 0 spiro atoms. The van der Waals surface area contributed by atoms with Crippen LogP contribution in [0.25, 0.3) is 11.6 Å². The van der Waals surface area contributed by atoms with Gasteiger partial charge in [0.05, 0.1) is 0 Å². The van der Waals surface area contributed by atoms with Crippen LogP contribution in [-0.4, -0.2) is 11.8 Å². The Morgan fingerprint density at radius 2 is 1.79 bits per heavy atom. The van der Waals surface area contributed by atoms with E-state index in [-0.39, 0.29) is 11.8 Å². The normalized spacial score (nSPS) is 16.4. The second-order valence-electron chi connectivity index (χ2n) is 4.35. The van der Waals surface area contributed by atoms with Gasteiger partial charge in [-0.2, -0.15) is 0 Å². The van der Waals surface area contributed by atoms with Crippen LogP contribution in [-0.2, 0) is 4.79 Å². The zero-order valence-electron chi connectivity index (χ0n) is 10.3. The van der Waals surface area contributed by atoms with Gasteiger partial charge < -0.3 is 0 Å². The quantitative estimate of drug-likeness (QED) is 0.639. The minimum atomic E-state index is -0.337. The number of aryl methyl sites for hydroxylation is 1. The van der Waals surface area contributed by atoms with Crippen molar-refractivity contribution >= 4 is 34.8 Å². The summed E-state index contributed by atoms with van der Waals surface area (Å²) in [5.74, 6) is -0.669. The van der Waals surface area contributed by atoms with Crippen molar-refractivity contribution in [2.75, 3.05) is 0 Å². The summed E-state index contributed by atoms with van der Waals surface area (Å²) in [7, 11) is 0. The smallest absolute Gasteiger partial charge is 0.258 e. The molecule has 0 fully saturated rings. The maximum atomic E-state index is 12.0. The third-order valence-electron chi connectivity index (χ3n) is 3.11. The van der Waals surface area contributed by atoms with E-state index in [4.69, 9.17) is 0 Å². The molecular weight excluding hydrogens is 258 g/mol. The molecule has 1 N–H and O–H groups in total. The Morgan fingerprint density at radius 3 is 2.47 bits per heavy atom. The third kappa shape index (κ3) is 2.00. The van der Waals surface area contributed by atoms with Crippen molar-refractivity contribution in [1.82, 2.24) is 5.32 Å². The number of imide groups is 1. The summed E-state index contributed by atoms with van der Waals surface area (Å²) < 4.78 is 0. The lowest BCUT2D eigenvalue weighted by Crippen LogP contribution is -2.36. The average molecular weight is 269 g/mol. The van der Waals surface area contributed by atoms with Gasteiger partial charge in [0, 0.05) is 16.0 Å². The van der Waals surface area contributed by atoms with Crippen LogP contribution in [0.15, 0.2) is 35.7 Å². The monoisotopic (exact) mass is 269 g/mol. The highest BCUT2D eigenvalue weighted by molar-refractivity contribution is 7.11. The first-order valence-corrected chi connectivity index (χ1v) is 6.75. The van der Waals surface area contributed by atoms with E-state index < -0.39 is 0 Å². The first-order chi connectivity index (χ1) is 9.16. The van der Waals surface area contributed by atoms with Gasteiger partial charge in [-0.1, -0.05) is 18.2 Å². The van der Waals surface area contributed by atoms with Crippen molar-refractivity contribution < 1.29 is 9.59 Å². The zero-order chi connectivity index (χ0) is 13.4. The number of thiophene rings is 1. The van der Waals surface area contributed by atoms with Crippen molar-refractivity contribution in [2.24, 2.45) is 0 Å². The molecule has 3 rings (SSSR count). The number of nitrogens with one attached hydrogen (secondary N) is 1. The fourth-order valence-corrected chi connectivity index (χ4v) is 2.94. The molecule has 19 heavy (non-hydrogen) atoms. The molecule has 1 aromatic heterocycles. The fourth-order valence-electron chi connectivity index (χ4n) is 2.08. The Labute approximate surface area is 114 Å². The second-order valence-corrected chi connectivity index (χ2v) is 5.30. The number of carbonyl (C=O) groups excluding carboxylic acids is 2. The average Bonchev–Trinajstić information content (AvgIpc) is 2.80. The van der Waals surface area contributed by atoms with E-state index in [9.17, 15) is 9.59 Å². The summed E-state index contributed by atoms with van der Waals surface area (Å²) in [5, 5.41) is 4.36. The lowest BCUT2D eigenvalue weighted by atomic mass is 9.94. The first kappa shape index (κ1) is 11.9. The summed E-state index contributed by atoms with van der Waals surface area (Å²) in [6.07, 6.45) is 1.85. The van der Waals surface area contributed by atoms with E-state index in [1.54, 1.807) is 29.5 Å². The standard InChI is InChI=1S/C15H11NO2S/c1-9-6-7-19-13(9)8-12-10-4-2-3-5-11(10)14(17)16-15(12)18/h2-8H,1H3,(H,16,17,18)/b12-8-. The Bertz CT molecular complexity index is 712. The van der Waals surface area contributed by atoms with Gasteiger partial charge in [-0.05, 0) is 41.6 Å². The van der Waals surface area contributed by atoms with Crippen LogP contribution in [0.2, 0.25) is 0 Å². The van der Waals surface area contributed by atoms with E-state index in [1.807, 2.05) is 30.5 Å². The SMILES string of the molecule is Cc1ccsc1/C=C1\C(=O)NC(=O)c2ccccc21. The Morgan fingerprint density at radius 1 is 1.05 bits per heavy atom. The molecule has 3 nitrogen and oxygen atoms in total. The molecule has 0 radical (unpaired) electrons. The predicted molar refractivity (Wildman–Crippen MR) is 75.8 cm³/mol. The van der Waals surface area contributed by atoms with Gasteiger partial charge in [0.15, 0.2) is 0 Å². The number of benzene rings is 1. The van der Waals surface area contributed by atoms with Crippen LogP contribution >= 0.6 is 11.3 Å². The van der Waals surface area contributed by atoms with Crippen LogP contribution < -0.4 is 5.32 Å². The Kier molecular flexibility index (Phi) is 2.80. The Hall–Kier alpha value is -2.20. The highest BCUT2D eigenvalue weighted by atomic mass is 32.1. The number of hydrogen-bond donors (Lipinski definition) is 1. The molecule has 0 atom stereocenters. The van der Waals surface area contributed by atoms with Crippen molar-refractivity contribution in [2.45, 2.75) is 6.92 Å². The van der Waals surface area contributed by atoms with Gasteiger partial charge in [0.25, 0.3) is 11.8 Å². The van der Waals surface area contributed by atoms with Crippen LogP contribution in [0, 0.1) is 6.92 Å². The molecule has 1 aromatic carbocycles. The maximum absolute atomic E-state index is 12.0. The number of fused-ring (bicyclic) bond motifs is 1. The van der Waals surface area contributed by atoms with Crippen LogP contribution in [0.5, 0.6) is 0 Å². The van der Waals surface area contributed by atoms with Gasteiger partial charge in [0.2, 0.25) is 0 Å². The summed E-state index contributed by atoms with van der Waals surface area (Å²) in [4.78, 5) is 24.8. The molecule has 1 aliphatic rings. The van der Waals surface area contributed by atoms with E-state index in [0.717, 1.165) is 10.4 Å². The van der Waals surface area contributed by atoms with Gasteiger partial charge in [-0.25, -0.2) is 0 Å². The minimum Gasteiger partial charge on any atom is -0.288 e. The molecule has 2 amide bonds. The van der Waals surface area contributed by atoms with Gasteiger partial charge >= 0.3 is 0 Å². The molecular formula is C15H11NO2S. The first-order valence-electron chi connectivity index (χ1n) is 5.87. The van der Waals surface area contributed by atoms with Crippen LogP contribution in [0.1, 0.15) is 26.4 Å². The van der Waals surface area contributed by atoms with Gasteiger partial charge in [0.1, 0.15) is 0 Å². The maximum Gasteiger partial charge on any atom is 0.258 e. The van der Waals surface area contributed by atoms with E-state index >= 15 is 0 Å². The number of hydrogen-bond acceptors (Lipinski definition) is 3. The number of carbonyl (C=O) groups is 2. The third-order valence-corrected chi connectivity index (χ3v) is 4.08. The minimum absolute atomic E-state index is 0.333. The molecule has 0 saturated carbocycles. The molecule has 2 heterocycles. The van der Waals surface area contributed by atoms with E-state index in [2.05, 4.69) is 5.32 Å². The van der Waals surface area contributed by atoms with Crippen molar-refractivity contribution in [3.63, 3.8) is 0 Å². The number of amides is 2. The summed E-state index contributed by atoms with van der Waals surface area (Å²) in [5.41, 5.74) is 2.91. The van der Waals surface area contributed by atoms with Gasteiger partial charge in [-0.3, -0.25) is 14.9 Å². The predicted octanol–water partition coefficient (Wildman–Crippen LogP) is 2.87. The van der Waals surface area contributed by atoms with Gasteiger partial charge in [-0.15, -0.1) is 11.3 Å². The molecule has 2 aromatic rings. The van der Waals surface area contributed by atoms with Crippen molar-refractivity contribution in [1.29, 1.82) is 0 Å². The second kappa shape index (κ2) is 4.48. The molecule has 1 aliphatic heterocycles. The molecule has 0 aliphatic carbocycles. The highest BCUT2D eigenvalue weighted by Gasteiger charge is 2.26. The lowest BCUT2D eigenvalue weighted by molar-refractivity contribution is -0.114. The van der Waals surface area contributed by atoms with Crippen molar-refractivity contribution in [3.8, 4) is 0 Å². The van der Waals surface area contributed by atoms with E-state index in [0.29, 0.717) is 16.7 Å². The summed E-state index contributed by atoms with van der Waals surface area (Å²) >= 11 is 1.58. The molecule has 94 valence electrons. The molecule has 0 bridgehead atoms. The lowest BCUT2D eigenvalue weighted by Gasteiger charge is -2.17. The molecule has 0 unspecified atom stereocenters. The largest absolute Gasteiger partial charge is 0.288 e. The Balaban J connectivity index is 2.19. The van der Waals surface area contributed by atoms with Crippen LogP contribution in [0.3, 0.4) is 0 Å². The number of rotatable bonds is 1. The molecule has 0 saturated heterocycles. The fraction of sp³-hybridized carbons (Fsp3) is 0.0667. The van der Waals surface area contributed by atoms with E-state index in [1.165, 1.54) is 0 Å². The summed E-state index contributed by atoms with van der Waals surface area (Å²) in [6, 6.07) is 9.17.